The van der Waals surface area contributed by atoms with Crippen molar-refractivity contribution in [2.45, 2.75) is 0 Å². The van der Waals surface area contributed by atoms with Gasteiger partial charge in [-0.2, -0.15) is 0 Å². The number of rotatable bonds is 14. The first-order valence-electron chi connectivity index (χ1n) is 35.0. The molecule has 0 saturated carbocycles. The molecule has 0 atom stereocenters. The number of aromatic nitrogens is 2. The fourth-order valence-corrected chi connectivity index (χ4v) is 15.7. The molecular weight excluding hydrogens is 1230 g/mol. The molecular formula is C98H66N4. The van der Waals surface area contributed by atoms with Gasteiger partial charge in [0.2, 0.25) is 0 Å². The zero-order chi connectivity index (χ0) is 67.5. The van der Waals surface area contributed by atoms with Crippen LogP contribution in [0.5, 0.6) is 0 Å². The summed E-state index contributed by atoms with van der Waals surface area (Å²) in [4.78, 5) is 4.79. The summed E-state index contributed by atoms with van der Waals surface area (Å²) in [6.45, 7) is 0. The fourth-order valence-electron chi connectivity index (χ4n) is 15.7. The SMILES string of the molecule is c1ccc(-c2ccc(-c3ccc4c(c3)c3cc(N(c5ccccc5)c5ccc(-c6c7ccccc7c(-c7ccc(N(c8ccccc8)c8ccc9c(c8)c8cc(-c%10ccc(-c%11ccccc%11)cc%10)ccc8n9-c8ccccc8)cc7)c7ccccc67)cc5)ccc3n4-c3ccccc3)cc2)cc1. The van der Waals surface area contributed by atoms with Crippen molar-refractivity contribution < 1.29 is 0 Å². The van der Waals surface area contributed by atoms with Crippen LogP contribution in [0.4, 0.5) is 34.1 Å². The molecule has 0 unspecified atom stereocenters. The summed E-state index contributed by atoms with van der Waals surface area (Å²) in [5.41, 5.74) is 27.7. The summed E-state index contributed by atoms with van der Waals surface area (Å²) < 4.78 is 4.81. The maximum atomic E-state index is 2.41. The molecule has 2 heterocycles. The Labute approximate surface area is 593 Å². The van der Waals surface area contributed by atoms with Gasteiger partial charge in [-0.05, 0) is 222 Å². The molecule has 19 aromatic rings. The van der Waals surface area contributed by atoms with Crippen LogP contribution in [0, 0.1) is 0 Å². The summed E-state index contributed by atoms with van der Waals surface area (Å²) >= 11 is 0. The van der Waals surface area contributed by atoms with Gasteiger partial charge in [0.1, 0.15) is 0 Å². The molecule has 0 N–H and O–H groups in total. The lowest BCUT2D eigenvalue weighted by atomic mass is 9.86. The van der Waals surface area contributed by atoms with Crippen LogP contribution in [0.25, 0.3) is 143 Å². The number of benzene rings is 17. The molecule has 0 saturated heterocycles. The predicted octanol–water partition coefficient (Wildman–Crippen LogP) is 27.1. The highest BCUT2D eigenvalue weighted by Gasteiger charge is 2.23. The third kappa shape index (κ3) is 10.6. The average molecular weight is 1300 g/mol. The Morgan fingerprint density at radius 2 is 0.373 bits per heavy atom. The van der Waals surface area contributed by atoms with Gasteiger partial charge >= 0.3 is 0 Å². The molecule has 0 aliphatic carbocycles. The topological polar surface area (TPSA) is 16.3 Å². The van der Waals surface area contributed by atoms with Crippen molar-refractivity contribution in [3.8, 4) is 78.1 Å². The van der Waals surface area contributed by atoms with Crippen LogP contribution < -0.4 is 9.80 Å². The van der Waals surface area contributed by atoms with E-state index in [-0.39, 0.29) is 0 Å². The molecule has 102 heavy (non-hydrogen) atoms. The van der Waals surface area contributed by atoms with Gasteiger partial charge in [0.15, 0.2) is 0 Å². The minimum absolute atomic E-state index is 1.07. The van der Waals surface area contributed by atoms with Gasteiger partial charge in [0.25, 0.3) is 0 Å². The maximum absolute atomic E-state index is 2.41. The summed E-state index contributed by atoms with van der Waals surface area (Å²) in [5.74, 6) is 0. The number of anilines is 6. The van der Waals surface area contributed by atoms with E-state index in [0.717, 1.165) is 78.7 Å². The normalized spacial score (nSPS) is 11.5. The highest BCUT2D eigenvalue weighted by Crippen LogP contribution is 2.48. The van der Waals surface area contributed by atoms with Crippen LogP contribution in [-0.2, 0) is 0 Å². The Morgan fingerprint density at radius 3 is 0.706 bits per heavy atom. The van der Waals surface area contributed by atoms with Gasteiger partial charge < -0.3 is 18.9 Å². The Hall–Kier alpha value is -13.5. The zero-order valence-electron chi connectivity index (χ0n) is 55.9. The highest BCUT2D eigenvalue weighted by molar-refractivity contribution is 6.22. The van der Waals surface area contributed by atoms with Crippen LogP contribution in [0.2, 0.25) is 0 Å². The van der Waals surface area contributed by atoms with E-state index in [1.807, 2.05) is 0 Å². The monoisotopic (exact) mass is 1300 g/mol. The summed E-state index contributed by atoms with van der Waals surface area (Å²) in [7, 11) is 0. The molecule has 0 radical (unpaired) electrons. The van der Waals surface area contributed by atoms with E-state index in [9.17, 15) is 0 Å². The number of hydrogen-bond donors (Lipinski definition) is 0. The van der Waals surface area contributed by atoms with Gasteiger partial charge in [-0.25, -0.2) is 0 Å². The van der Waals surface area contributed by atoms with E-state index in [0.29, 0.717) is 0 Å². The third-order valence-corrected chi connectivity index (χ3v) is 20.5. The summed E-state index contributed by atoms with van der Waals surface area (Å²) in [5, 5.41) is 9.59. The molecule has 17 aromatic carbocycles. The second kappa shape index (κ2) is 25.4. The van der Waals surface area contributed by atoms with Crippen LogP contribution in [0.3, 0.4) is 0 Å². The molecule has 2 aromatic heterocycles. The van der Waals surface area contributed by atoms with Crippen molar-refractivity contribution >= 4 is 99.3 Å². The second-order valence-electron chi connectivity index (χ2n) is 26.4. The van der Waals surface area contributed by atoms with Crippen molar-refractivity contribution in [3.63, 3.8) is 0 Å². The first kappa shape index (κ1) is 59.7. The zero-order valence-corrected chi connectivity index (χ0v) is 55.9. The van der Waals surface area contributed by atoms with Gasteiger partial charge in [-0.1, -0.05) is 267 Å². The standard InChI is InChI=1S/C98H66N4/c1-7-23-67(24-8-1)69-39-43-71(44-40-69)75-51-59-93-89(63-75)91-65-83(57-61-95(91)101(93)79-31-15-5-16-32-79)99(77-27-11-3-12-28-77)81-53-47-73(48-54-81)97-85-35-19-21-37-87(85)98(88-38-22-20-36-86(88)97)74-49-55-82(56-50-74)100(78-29-13-4-14-30-78)84-58-62-96-92(66-84)90-64-76(52-60-94(90)102(96)80-33-17-6-18-34-80)72-45-41-70(42-46-72)68-25-9-2-10-26-68/h1-66H. The van der Waals surface area contributed by atoms with E-state index in [1.165, 1.54) is 98.7 Å². The van der Waals surface area contributed by atoms with Gasteiger partial charge in [-0.15, -0.1) is 0 Å². The Balaban J connectivity index is 0.688. The van der Waals surface area contributed by atoms with Crippen molar-refractivity contribution in [2.75, 3.05) is 9.80 Å². The molecule has 0 fully saturated rings. The Kier molecular flexibility index (Phi) is 14.9. The lowest BCUT2D eigenvalue weighted by Crippen LogP contribution is -2.09. The lowest BCUT2D eigenvalue weighted by molar-refractivity contribution is 1.18. The Morgan fingerprint density at radius 1 is 0.147 bits per heavy atom. The third-order valence-electron chi connectivity index (χ3n) is 20.5. The molecule has 0 aliphatic rings. The largest absolute Gasteiger partial charge is 0.310 e. The van der Waals surface area contributed by atoms with Gasteiger partial charge in [0.05, 0.1) is 22.1 Å². The minimum atomic E-state index is 1.07. The molecule has 0 spiro atoms. The van der Waals surface area contributed by atoms with Crippen LogP contribution in [-0.4, -0.2) is 9.13 Å². The van der Waals surface area contributed by atoms with E-state index in [2.05, 4.69) is 419 Å². The maximum Gasteiger partial charge on any atom is 0.0542 e. The number of para-hydroxylation sites is 4. The molecule has 19 rings (SSSR count). The van der Waals surface area contributed by atoms with E-state index >= 15 is 0 Å². The number of hydrogen-bond acceptors (Lipinski definition) is 2. The number of fused-ring (bicyclic) bond motifs is 8. The van der Waals surface area contributed by atoms with Crippen molar-refractivity contribution in [3.05, 3.63) is 400 Å². The summed E-state index contributed by atoms with van der Waals surface area (Å²) in [6.07, 6.45) is 0. The van der Waals surface area contributed by atoms with Crippen molar-refractivity contribution in [1.29, 1.82) is 0 Å². The highest BCUT2D eigenvalue weighted by atomic mass is 15.1. The molecule has 478 valence electrons. The van der Waals surface area contributed by atoms with Crippen LogP contribution >= 0.6 is 0 Å². The first-order valence-corrected chi connectivity index (χ1v) is 35.0. The Bertz CT molecular complexity index is 5840. The minimum Gasteiger partial charge on any atom is -0.310 e. The second-order valence-corrected chi connectivity index (χ2v) is 26.4. The fraction of sp³-hybridized carbons (Fsp3) is 0. The van der Waals surface area contributed by atoms with Crippen molar-refractivity contribution in [1.82, 2.24) is 9.13 Å². The smallest absolute Gasteiger partial charge is 0.0542 e. The van der Waals surface area contributed by atoms with E-state index in [1.54, 1.807) is 0 Å². The molecule has 4 nitrogen and oxygen atoms in total. The molecule has 0 amide bonds. The first-order chi connectivity index (χ1) is 50.6. The van der Waals surface area contributed by atoms with E-state index in [4.69, 9.17) is 0 Å². The average Bonchev–Trinajstić information content (AvgIpc) is 1.46. The van der Waals surface area contributed by atoms with E-state index < -0.39 is 0 Å². The van der Waals surface area contributed by atoms with Crippen molar-refractivity contribution in [2.24, 2.45) is 0 Å². The van der Waals surface area contributed by atoms with Crippen LogP contribution in [0.1, 0.15) is 0 Å². The van der Waals surface area contributed by atoms with Crippen LogP contribution in [0.15, 0.2) is 400 Å². The predicted molar refractivity (Wildman–Crippen MR) is 432 cm³/mol. The van der Waals surface area contributed by atoms with Gasteiger partial charge in [0, 0.05) is 67.0 Å². The molecule has 4 heteroatoms. The summed E-state index contributed by atoms with van der Waals surface area (Å²) in [6, 6.07) is 146. The van der Waals surface area contributed by atoms with Gasteiger partial charge in [-0.3, -0.25) is 0 Å². The molecule has 0 aliphatic heterocycles. The quantitative estimate of drug-likeness (QED) is 0.101. The molecule has 0 bridgehead atoms. The lowest BCUT2D eigenvalue weighted by Gasteiger charge is -2.26. The number of nitrogens with zero attached hydrogens (tertiary/aromatic N) is 4.